The first kappa shape index (κ1) is 20.5. The molecule has 1 aliphatic rings. The number of fused-ring (bicyclic) bond motifs is 2. The fourth-order valence-corrected chi connectivity index (χ4v) is 4.17. The average Bonchev–Trinajstić information content (AvgIpc) is 3.15. The maximum absolute atomic E-state index is 6.11. The Morgan fingerprint density at radius 1 is 1.00 bits per heavy atom. The van der Waals surface area contributed by atoms with E-state index in [1.54, 1.807) is 14.2 Å². The van der Waals surface area contributed by atoms with Crippen LogP contribution in [-0.2, 0) is 24.4 Å². The zero-order chi connectivity index (χ0) is 21.9. The van der Waals surface area contributed by atoms with Crippen LogP contribution < -0.4 is 9.47 Å². The monoisotopic (exact) mass is 430 g/mol. The van der Waals surface area contributed by atoms with Gasteiger partial charge in [-0.1, -0.05) is 18.2 Å². The molecule has 1 aliphatic heterocycles. The second-order valence-corrected chi connectivity index (χ2v) is 7.94. The van der Waals surface area contributed by atoms with Crippen LogP contribution in [0.4, 0.5) is 0 Å². The molecular weight excluding hydrogens is 404 g/mol. The summed E-state index contributed by atoms with van der Waals surface area (Å²) in [6.07, 6.45) is 1.92. The minimum Gasteiger partial charge on any atom is -0.493 e. The van der Waals surface area contributed by atoms with Crippen LogP contribution in [-0.4, -0.2) is 37.3 Å². The predicted octanol–water partition coefficient (Wildman–Crippen LogP) is 5.04. The summed E-state index contributed by atoms with van der Waals surface area (Å²) in [5.41, 5.74) is 4.19. The third-order valence-electron chi connectivity index (χ3n) is 5.71. The van der Waals surface area contributed by atoms with Crippen LogP contribution >= 0.6 is 0 Å². The lowest BCUT2D eigenvalue weighted by molar-refractivity contribution is 0.157. The molecule has 0 N–H and O–H groups in total. The maximum atomic E-state index is 6.11. The van der Waals surface area contributed by atoms with E-state index >= 15 is 0 Å². The molecule has 0 aliphatic carbocycles. The Balaban J connectivity index is 1.46. The van der Waals surface area contributed by atoms with Crippen LogP contribution in [0.5, 0.6) is 11.5 Å². The summed E-state index contributed by atoms with van der Waals surface area (Å²) in [4.78, 5) is 6.95. The maximum Gasteiger partial charge on any atom is 0.165 e. The third kappa shape index (κ3) is 4.20. The molecule has 0 spiro atoms. The number of aromatic nitrogens is 1. The molecule has 6 heteroatoms. The van der Waals surface area contributed by atoms with Gasteiger partial charge in [0.2, 0.25) is 0 Å². The van der Waals surface area contributed by atoms with E-state index in [0.717, 1.165) is 63.7 Å². The van der Waals surface area contributed by atoms with Gasteiger partial charge in [-0.3, -0.25) is 9.88 Å². The Labute approximate surface area is 187 Å². The average molecular weight is 431 g/mol. The molecule has 4 aromatic rings. The highest BCUT2D eigenvalue weighted by Crippen LogP contribution is 2.39. The quantitative estimate of drug-likeness (QED) is 0.427. The Bertz CT molecular complexity index is 1230. The van der Waals surface area contributed by atoms with Gasteiger partial charge in [0.15, 0.2) is 11.5 Å². The molecule has 5 rings (SSSR count). The molecule has 32 heavy (non-hydrogen) atoms. The number of furan rings is 1. The van der Waals surface area contributed by atoms with Gasteiger partial charge in [-0.05, 0) is 42.0 Å². The van der Waals surface area contributed by atoms with Gasteiger partial charge in [-0.15, -0.1) is 0 Å². The highest BCUT2D eigenvalue weighted by molar-refractivity contribution is 5.84. The summed E-state index contributed by atoms with van der Waals surface area (Å²) in [6.45, 7) is 3.31. The minimum absolute atomic E-state index is 0.478. The molecule has 0 fully saturated rings. The van der Waals surface area contributed by atoms with Crippen molar-refractivity contribution in [2.45, 2.75) is 19.7 Å². The largest absolute Gasteiger partial charge is 0.493 e. The molecule has 0 atom stereocenters. The Hall–Kier alpha value is -3.35. The van der Waals surface area contributed by atoms with Crippen molar-refractivity contribution in [1.82, 2.24) is 9.88 Å². The van der Waals surface area contributed by atoms with Crippen molar-refractivity contribution in [2.24, 2.45) is 0 Å². The molecule has 0 bridgehead atoms. The van der Waals surface area contributed by atoms with Crippen molar-refractivity contribution < 1.29 is 18.6 Å². The summed E-state index contributed by atoms with van der Waals surface area (Å²) in [7, 11) is 3.35. The number of ether oxygens (including phenoxy) is 3. The highest BCUT2D eigenvalue weighted by Gasteiger charge is 2.21. The van der Waals surface area contributed by atoms with Crippen LogP contribution in [0.2, 0.25) is 0 Å². The molecule has 2 aromatic carbocycles. The van der Waals surface area contributed by atoms with Gasteiger partial charge in [0.05, 0.1) is 19.2 Å². The van der Waals surface area contributed by atoms with E-state index in [0.29, 0.717) is 19.8 Å². The Morgan fingerprint density at radius 3 is 2.75 bits per heavy atom. The fourth-order valence-electron chi connectivity index (χ4n) is 4.17. The fraction of sp³-hybridized carbons (Fsp3) is 0.269. The molecule has 0 radical (unpaired) electrons. The second kappa shape index (κ2) is 9.02. The predicted molar refractivity (Wildman–Crippen MR) is 123 cm³/mol. The van der Waals surface area contributed by atoms with E-state index in [9.17, 15) is 0 Å². The number of hydrogen-bond acceptors (Lipinski definition) is 6. The smallest absolute Gasteiger partial charge is 0.165 e. The first-order chi connectivity index (χ1) is 15.7. The van der Waals surface area contributed by atoms with Crippen molar-refractivity contribution >= 4 is 10.9 Å². The van der Waals surface area contributed by atoms with Crippen molar-refractivity contribution in [3.8, 4) is 22.6 Å². The number of benzene rings is 2. The van der Waals surface area contributed by atoms with E-state index in [4.69, 9.17) is 18.6 Å². The molecular formula is C26H26N2O4. The highest BCUT2D eigenvalue weighted by atomic mass is 16.5. The minimum atomic E-state index is 0.478. The van der Waals surface area contributed by atoms with Crippen molar-refractivity contribution in [1.29, 1.82) is 0 Å². The summed E-state index contributed by atoms with van der Waals surface area (Å²) in [6, 6.07) is 18.5. The lowest BCUT2D eigenvalue weighted by Crippen LogP contribution is -2.25. The first-order valence-electron chi connectivity index (χ1n) is 10.7. The van der Waals surface area contributed by atoms with E-state index in [-0.39, 0.29) is 0 Å². The van der Waals surface area contributed by atoms with Gasteiger partial charge in [0.1, 0.15) is 24.7 Å². The standard InChI is InChI=1S/C26H26N2O4/c1-29-17-23-8-7-22(32-23)16-28-9-10-31-26-21(15-28)12-19(13-25(26)30-2)20-11-18-5-3-4-6-24(18)27-14-20/h3-8,11-14H,9-10,15-17H2,1-2H3. The normalized spacial score (nSPS) is 14.1. The van der Waals surface area contributed by atoms with Crippen molar-refractivity contribution in [2.75, 3.05) is 27.4 Å². The van der Waals surface area contributed by atoms with Gasteiger partial charge in [-0.2, -0.15) is 0 Å². The van der Waals surface area contributed by atoms with Crippen LogP contribution in [0, 0.1) is 0 Å². The lowest BCUT2D eigenvalue weighted by Gasteiger charge is -2.18. The number of nitrogens with zero attached hydrogens (tertiary/aromatic N) is 2. The zero-order valence-electron chi connectivity index (χ0n) is 18.3. The zero-order valence-corrected chi connectivity index (χ0v) is 18.3. The molecule has 0 saturated heterocycles. The SMILES string of the molecule is COCc1ccc(CN2CCOc3c(cc(-c4cnc5ccccc5c4)cc3OC)C2)o1. The van der Waals surface area contributed by atoms with Gasteiger partial charge in [0, 0.05) is 42.9 Å². The van der Waals surface area contributed by atoms with Crippen LogP contribution in [0.25, 0.3) is 22.0 Å². The molecule has 0 unspecified atom stereocenters. The van der Waals surface area contributed by atoms with E-state index in [1.165, 1.54) is 0 Å². The molecule has 164 valence electrons. The number of pyridine rings is 1. The van der Waals surface area contributed by atoms with Gasteiger partial charge < -0.3 is 18.6 Å². The number of methoxy groups -OCH3 is 2. The van der Waals surface area contributed by atoms with Crippen molar-refractivity contribution in [3.63, 3.8) is 0 Å². The van der Waals surface area contributed by atoms with Crippen LogP contribution in [0.3, 0.4) is 0 Å². The summed E-state index contributed by atoms with van der Waals surface area (Å²) in [5, 5.41) is 1.11. The Kier molecular flexibility index (Phi) is 5.79. The first-order valence-corrected chi connectivity index (χ1v) is 10.7. The number of para-hydroxylation sites is 1. The van der Waals surface area contributed by atoms with Crippen LogP contribution in [0.1, 0.15) is 17.1 Å². The van der Waals surface area contributed by atoms with Gasteiger partial charge >= 0.3 is 0 Å². The summed E-state index contributed by atoms with van der Waals surface area (Å²) < 4.78 is 22.9. The summed E-state index contributed by atoms with van der Waals surface area (Å²) in [5.74, 6) is 3.31. The van der Waals surface area contributed by atoms with Crippen molar-refractivity contribution in [3.05, 3.63) is 77.9 Å². The van der Waals surface area contributed by atoms with Gasteiger partial charge in [-0.25, -0.2) is 0 Å². The number of rotatable bonds is 6. The topological polar surface area (TPSA) is 57.0 Å². The lowest BCUT2D eigenvalue weighted by atomic mass is 10.0. The second-order valence-electron chi connectivity index (χ2n) is 7.94. The van der Waals surface area contributed by atoms with Gasteiger partial charge in [0.25, 0.3) is 0 Å². The molecule has 0 saturated carbocycles. The molecule has 3 heterocycles. The molecule has 2 aromatic heterocycles. The van der Waals surface area contributed by atoms with E-state index < -0.39 is 0 Å². The number of hydrogen-bond donors (Lipinski definition) is 0. The van der Waals surface area contributed by atoms with E-state index in [1.807, 2.05) is 42.6 Å². The Morgan fingerprint density at radius 2 is 1.88 bits per heavy atom. The van der Waals surface area contributed by atoms with E-state index in [2.05, 4.69) is 28.1 Å². The molecule has 0 amide bonds. The molecule has 6 nitrogen and oxygen atoms in total. The summed E-state index contributed by atoms with van der Waals surface area (Å²) >= 11 is 0. The third-order valence-corrected chi connectivity index (χ3v) is 5.71. The van der Waals surface area contributed by atoms with Crippen LogP contribution in [0.15, 0.2) is 65.2 Å².